The Balaban J connectivity index is 2.04. The van der Waals surface area contributed by atoms with E-state index in [2.05, 4.69) is 0 Å². The van der Waals surface area contributed by atoms with Gasteiger partial charge in [-0.3, -0.25) is 14.5 Å². The van der Waals surface area contributed by atoms with Crippen molar-refractivity contribution in [1.82, 2.24) is 9.58 Å². The van der Waals surface area contributed by atoms with E-state index < -0.39 is 9.84 Å². The monoisotopic (exact) mass is 313 g/mol. The van der Waals surface area contributed by atoms with E-state index in [-0.39, 0.29) is 29.5 Å². The number of carbonyl (C=O) groups is 1. The number of rotatable bonds is 3. The van der Waals surface area contributed by atoms with Crippen LogP contribution in [0.4, 0.5) is 0 Å². The smallest absolute Gasteiger partial charge is 0.272 e. The molecule has 21 heavy (non-hydrogen) atoms. The molecule has 1 amide bonds. The Hall–Kier alpha value is -1.67. The molecule has 0 saturated carbocycles. The van der Waals surface area contributed by atoms with Crippen molar-refractivity contribution in [2.45, 2.75) is 6.92 Å². The number of amides is 1. The molecular weight excluding hydrogens is 294 g/mol. The van der Waals surface area contributed by atoms with E-state index in [4.69, 9.17) is 0 Å². The Bertz CT molecular complexity index is 682. The van der Waals surface area contributed by atoms with Crippen molar-refractivity contribution in [3.05, 3.63) is 34.2 Å². The largest absolute Gasteiger partial charge is 0.292 e. The Labute approximate surface area is 123 Å². The molecule has 1 aromatic rings. The average Bonchev–Trinajstić information content (AvgIpc) is 2.43. The average molecular weight is 313 g/mol. The standard InChI is InChI=1S/C13H19N3O4S/c1-11-4-3-5-16(13(11)18)14(2)12(17)10-15-6-8-21(19,20)9-7-15/h3-5H,6-10H2,1-2H3. The first-order chi connectivity index (χ1) is 9.80. The molecule has 0 bridgehead atoms. The van der Waals surface area contributed by atoms with Gasteiger partial charge in [0.25, 0.3) is 11.5 Å². The van der Waals surface area contributed by atoms with Crippen LogP contribution in [0.15, 0.2) is 23.1 Å². The van der Waals surface area contributed by atoms with E-state index in [0.29, 0.717) is 18.7 Å². The van der Waals surface area contributed by atoms with Gasteiger partial charge in [-0.25, -0.2) is 18.1 Å². The fourth-order valence-corrected chi connectivity index (χ4v) is 3.42. The highest BCUT2D eigenvalue weighted by atomic mass is 32.2. The van der Waals surface area contributed by atoms with Gasteiger partial charge in [-0.2, -0.15) is 0 Å². The molecule has 0 aromatic carbocycles. The highest BCUT2D eigenvalue weighted by Gasteiger charge is 2.24. The molecule has 0 aliphatic carbocycles. The number of likely N-dealkylation sites (N-methyl/N-ethyl adjacent to an activating group) is 1. The molecule has 2 rings (SSSR count). The minimum Gasteiger partial charge on any atom is -0.292 e. The molecule has 0 N–H and O–H groups in total. The van der Waals surface area contributed by atoms with Gasteiger partial charge in [0.15, 0.2) is 9.84 Å². The first-order valence-corrected chi connectivity index (χ1v) is 8.50. The van der Waals surface area contributed by atoms with Crippen LogP contribution in [0.2, 0.25) is 0 Å². The molecule has 0 spiro atoms. The first kappa shape index (κ1) is 15.7. The van der Waals surface area contributed by atoms with Crippen LogP contribution in [0.3, 0.4) is 0 Å². The molecule has 1 saturated heterocycles. The number of aryl methyl sites for hydroxylation is 1. The van der Waals surface area contributed by atoms with Gasteiger partial charge < -0.3 is 0 Å². The van der Waals surface area contributed by atoms with Crippen molar-refractivity contribution in [1.29, 1.82) is 0 Å². The Morgan fingerprint density at radius 2 is 1.95 bits per heavy atom. The number of carbonyl (C=O) groups excluding carboxylic acids is 1. The third kappa shape index (κ3) is 3.70. The fourth-order valence-electron chi connectivity index (χ4n) is 2.15. The van der Waals surface area contributed by atoms with Crippen LogP contribution in [-0.2, 0) is 14.6 Å². The van der Waals surface area contributed by atoms with Crippen LogP contribution < -0.4 is 10.6 Å². The molecule has 1 aliphatic rings. The fraction of sp³-hybridized carbons (Fsp3) is 0.538. The van der Waals surface area contributed by atoms with Crippen molar-refractivity contribution in [3.8, 4) is 0 Å². The van der Waals surface area contributed by atoms with Crippen LogP contribution in [0, 0.1) is 6.92 Å². The summed E-state index contributed by atoms with van der Waals surface area (Å²) in [5.74, 6) is -0.0926. The second kappa shape index (κ2) is 5.98. The maximum atomic E-state index is 12.2. The van der Waals surface area contributed by atoms with E-state index in [9.17, 15) is 18.0 Å². The Morgan fingerprint density at radius 3 is 2.57 bits per heavy atom. The zero-order valence-electron chi connectivity index (χ0n) is 12.2. The van der Waals surface area contributed by atoms with E-state index in [1.54, 1.807) is 24.0 Å². The Morgan fingerprint density at radius 1 is 1.33 bits per heavy atom. The Kier molecular flexibility index (Phi) is 4.48. The van der Waals surface area contributed by atoms with Gasteiger partial charge in [0.05, 0.1) is 18.1 Å². The van der Waals surface area contributed by atoms with Gasteiger partial charge in [-0.15, -0.1) is 0 Å². The van der Waals surface area contributed by atoms with Gasteiger partial charge >= 0.3 is 0 Å². The van der Waals surface area contributed by atoms with Crippen LogP contribution in [-0.4, -0.2) is 62.1 Å². The third-order valence-corrected chi connectivity index (χ3v) is 5.21. The minimum atomic E-state index is -2.96. The van der Waals surface area contributed by atoms with Gasteiger partial charge in [-0.1, -0.05) is 6.07 Å². The maximum absolute atomic E-state index is 12.2. The number of hydrogen-bond donors (Lipinski definition) is 0. The predicted octanol–water partition coefficient (Wildman–Crippen LogP) is -1.02. The molecule has 0 atom stereocenters. The summed E-state index contributed by atoms with van der Waals surface area (Å²) in [6.07, 6.45) is 1.54. The summed E-state index contributed by atoms with van der Waals surface area (Å²) < 4.78 is 24.0. The molecule has 7 nitrogen and oxygen atoms in total. The summed E-state index contributed by atoms with van der Waals surface area (Å²) in [4.78, 5) is 26.0. The van der Waals surface area contributed by atoms with Crippen LogP contribution in [0.25, 0.3) is 0 Å². The second-order valence-corrected chi connectivity index (χ2v) is 7.49. The zero-order valence-corrected chi connectivity index (χ0v) is 13.0. The highest BCUT2D eigenvalue weighted by molar-refractivity contribution is 7.91. The summed E-state index contributed by atoms with van der Waals surface area (Å²) >= 11 is 0. The van der Waals surface area contributed by atoms with Crippen LogP contribution in [0.1, 0.15) is 5.56 Å². The molecule has 1 aliphatic heterocycles. The van der Waals surface area contributed by atoms with E-state index >= 15 is 0 Å². The lowest BCUT2D eigenvalue weighted by Gasteiger charge is -2.28. The minimum absolute atomic E-state index is 0.0778. The molecular formula is C13H19N3O4S. The lowest BCUT2D eigenvalue weighted by atomic mass is 10.3. The zero-order chi connectivity index (χ0) is 15.6. The first-order valence-electron chi connectivity index (χ1n) is 6.68. The van der Waals surface area contributed by atoms with Crippen molar-refractivity contribution < 1.29 is 13.2 Å². The molecule has 2 heterocycles. The molecule has 1 aromatic heterocycles. The molecule has 0 radical (unpaired) electrons. The van der Waals surface area contributed by atoms with E-state index in [1.807, 2.05) is 0 Å². The summed E-state index contributed by atoms with van der Waals surface area (Å²) in [6, 6.07) is 3.39. The lowest BCUT2D eigenvalue weighted by molar-refractivity contribution is -0.120. The number of aromatic nitrogens is 1. The van der Waals surface area contributed by atoms with Crippen molar-refractivity contribution in [3.63, 3.8) is 0 Å². The normalized spacial score (nSPS) is 18.4. The summed E-state index contributed by atoms with van der Waals surface area (Å²) in [5, 5.41) is 1.26. The molecule has 0 unspecified atom stereocenters. The summed E-state index contributed by atoms with van der Waals surface area (Å²) in [7, 11) is -1.43. The maximum Gasteiger partial charge on any atom is 0.272 e. The number of nitrogens with zero attached hydrogens (tertiary/aromatic N) is 3. The van der Waals surface area contributed by atoms with Crippen LogP contribution >= 0.6 is 0 Å². The third-order valence-electron chi connectivity index (χ3n) is 3.60. The number of hydrogen-bond acceptors (Lipinski definition) is 5. The van der Waals surface area contributed by atoms with E-state index in [0.717, 1.165) is 0 Å². The number of pyridine rings is 1. The number of sulfone groups is 1. The topological polar surface area (TPSA) is 79.7 Å². The van der Waals surface area contributed by atoms with Gasteiger partial charge in [-0.05, 0) is 13.0 Å². The van der Waals surface area contributed by atoms with Crippen LogP contribution in [0.5, 0.6) is 0 Å². The molecule has 8 heteroatoms. The molecule has 1 fully saturated rings. The van der Waals surface area contributed by atoms with Gasteiger partial charge in [0.1, 0.15) is 0 Å². The van der Waals surface area contributed by atoms with Gasteiger partial charge in [0, 0.05) is 31.9 Å². The van der Waals surface area contributed by atoms with Gasteiger partial charge in [0.2, 0.25) is 0 Å². The van der Waals surface area contributed by atoms with Crippen molar-refractivity contribution >= 4 is 15.7 Å². The van der Waals surface area contributed by atoms with Crippen molar-refractivity contribution in [2.75, 3.05) is 43.2 Å². The quantitative estimate of drug-likeness (QED) is 0.714. The lowest BCUT2D eigenvalue weighted by Crippen LogP contribution is -2.50. The summed E-state index contributed by atoms with van der Waals surface area (Å²) in [5.41, 5.74) is 0.316. The van der Waals surface area contributed by atoms with Crippen molar-refractivity contribution in [2.24, 2.45) is 0 Å². The summed E-state index contributed by atoms with van der Waals surface area (Å²) in [6.45, 7) is 2.49. The predicted molar refractivity (Wildman–Crippen MR) is 79.7 cm³/mol. The second-order valence-electron chi connectivity index (χ2n) is 5.19. The molecule has 116 valence electrons. The SMILES string of the molecule is Cc1cccn(N(C)C(=O)CN2CCS(=O)(=O)CC2)c1=O. The highest BCUT2D eigenvalue weighted by Crippen LogP contribution is 2.03. The van der Waals surface area contributed by atoms with E-state index in [1.165, 1.54) is 22.9 Å².